The molecule has 0 saturated heterocycles. The summed E-state index contributed by atoms with van der Waals surface area (Å²) in [5.41, 5.74) is -2.49. The van der Waals surface area contributed by atoms with Gasteiger partial charge < -0.3 is 38.6 Å². The third-order valence-corrected chi connectivity index (χ3v) is 7.54. The van der Waals surface area contributed by atoms with Crippen LogP contribution in [-0.4, -0.2) is 98.9 Å². The Hall–Kier alpha value is -4.30. The maximum absolute atomic E-state index is 13.0. The molecule has 14 heteroatoms. The predicted molar refractivity (Wildman–Crippen MR) is 169 cm³/mol. The van der Waals surface area contributed by atoms with Crippen LogP contribution in [-0.2, 0) is 57.2 Å². The molecule has 1 saturated carbocycles. The van der Waals surface area contributed by atoms with E-state index in [1.54, 1.807) is 0 Å². The normalized spacial score (nSPS) is 16.0. The van der Waals surface area contributed by atoms with Crippen LogP contribution in [0.25, 0.3) is 0 Å². The molecule has 0 amide bonds. The Kier molecular flexibility index (Phi) is 17.0. The minimum atomic E-state index is -1.45. The van der Waals surface area contributed by atoms with Crippen LogP contribution in [0.15, 0.2) is 48.6 Å². The van der Waals surface area contributed by atoms with Crippen LogP contribution >= 0.6 is 0 Å². The van der Waals surface area contributed by atoms with Crippen LogP contribution in [0.4, 0.5) is 0 Å². The van der Waals surface area contributed by atoms with E-state index >= 15 is 0 Å². The van der Waals surface area contributed by atoms with Crippen molar-refractivity contribution in [1.82, 2.24) is 0 Å². The van der Waals surface area contributed by atoms with Crippen molar-refractivity contribution in [2.45, 2.75) is 53.4 Å². The van der Waals surface area contributed by atoms with E-state index < -0.39 is 111 Å². The Bertz CT molecular complexity index is 1100. The first-order valence-corrected chi connectivity index (χ1v) is 15.3. The Balaban J connectivity index is 2.85. The minimum absolute atomic E-state index is 0.104. The van der Waals surface area contributed by atoms with Gasteiger partial charge in [0.05, 0.1) is 35.9 Å². The summed E-state index contributed by atoms with van der Waals surface area (Å²) in [6.07, 6.45) is 1.05. The fraction of sp³-hybridized carbons (Fsp3) is 0.588. The lowest BCUT2D eigenvalue weighted by molar-refractivity contribution is -0.170. The van der Waals surface area contributed by atoms with E-state index in [1.165, 1.54) is 27.7 Å². The number of carbonyl (C=O) groups excluding carboxylic acids is 6. The van der Waals surface area contributed by atoms with Gasteiger partial charge in [-0.1, -0.05) is 26.3 Å². The zero-order valence-electron chi connectivity index (χ0n) is 28.3. The van der Waals surface area contributed by atoms with Crippen molar-refractivity contribution in [3.8, 4) is 0 Å². The highest BCUT2D eigenvalue weighted by Gasteiger charge is 2.39. The largest absolute Gasteiger partial charge is 0.465 e. The molecule has 0 radical (unpaired) electrons. The van der Waals surface area contributed by atoms with Crippen molar-refractivity contribution in [2.24, 2.45) is 22.7 Å². The highest BCUT2D eigenvalue weighted by Crippen LogP contribution is 2.32. The average Bonchev–Trinajstić information content (AvgIpc) is 3.06. The van der Waals surface area contributed by atoms with Crippen LogP contribution in [0.2, 0.25) is 0 Å². The second-order valence-electron chi connectivity index (χ2n) is 12.5. The number of hydrogen-bond donors (Lipinski definition) is 2. The highest BCUT2D eigenvalue weighted by atomic mass is 16.6. The maximum Gasteiger partial charge on any atom is 0.333 e. The van der Waals surface area contributed by atoms with Crippen molar-refractivity contribution in [3.05, 3.63) is 48.6 Å². The summed E-state index contributed by atoms with van der Waals surface area (Å²) < 4.78 is 31.7. The van der Waals surface area contributed by atoms with Gasteiger partial charge in [-0.25, -0.2) is 19.2 Å². The summed E-state index contributed by atoms with van der Waals surface area (Å²) in [6.45, 7) is 15.8. The molecule has 0 aromatic rings. The molecular weight excluding hydrogens is 632 g/mol. The van der Waals surface area contributed by atoms with E-state index in [2.05, 4.69) is 26.3 Å². The van der Waals surface area contributed by atoms with E-state index in [9.17, 15) is 39.0 Å². The van der Waals surface area contributed by atoms with E-state index in [-0.39, 0.29) is 48.0 Å². The summed E-state index contributed by atoms with van der Waals surface area (Å²) in [7, 11) is 0. The van der Waals surface area contributed by atoms with E-state index in [1.807, 2.05) is 0 Å². The van der Waals surface area contributed by atoms with Gasteiger partial charge in [0.15, 0.2) is 0 Å². The number of ether oxygens (including phenoxy) is 6. The molecule has 268 valence electrons. The van der Waals surface area contributed by atoms with Gasteiger partial charge in [-0.2, -0.15) is 0 Å². The van der Waals surface area contributed by atoms with Gasteiger partial charge in [0.25, 0.3) is 0 Å². The smallest absolute Gasteiger partial charge is 0.333 e. The van der Waals surface area contributed by atoms with Gasteiger partial charge in [-0.05, 0) is 53.4 Å². The van der Waals surface area contributed by atoms with Gasteiger partial charge in [0.1, 0.15) is 39.6 Å². The number of aliphatic hydroxyl groups excluding tert-OH is 2. The number of carbonyl (C=O) groups is 6. The molecular formula is C34H48O14. The van der Waals surface area contributed by atoms with Gasteiger partial charge in [-0.15, -0.1) is 0 Å². The maximum atomic E-state index is 13.0. The van der Waals surface area contributed by atoms with Crippen LogP contribution in [0.5, 0.6) is 0 Å². The molecule has 0 atom stereocenters. The van der Waals surface area contributed by atoms with Crippen LogP contribution in [0.1, 0.15) is 53.4 Å². The lowest BCUT2D eigenvalue weighted by atomic mass is 9.82. The average molecular weight is 681 g/mol. The first kappa shape index (κ1) is 41.7. The molecule has 1 aliphatic rings. The second kappa shape index (κ2) is 19.5. The van der Waals surface area contributed by atoms with Crippen LogP contribution < -0.4 is 0 Å². The minimum Gasteiger partial charge on any atom is -0.465 e. The van der Waals surface area contributed by atoms with Crippen molar-refractivity contribution < 1.29 is 67.4 Å². The molecule has 1 aliphatic carbocycles. The van der Waals surface area contributed by atoms with Gasteiger partial charge in [-0.3, -0.25) is 9.59 Å². The molecule has 0 aromatic heterocycles. The SMILES string of the molecule is C=C(C)C(=O)OCC(CO)(COC(=O)C(=C)C)COC(=O)C1CCC(C(=O)OCC(CO)(COC(=O)C(=C)C)COC(=O)C(=C)C)CC1. The first-order valence-electron chi connectivity index (χ1n) is 15.3. The topological polar surface area (TPSA) is 198 Å². The molecule has 1 rings (SSSR count). The number of rotatable bonds is 20. The fourth-order valence-electron chi connectivity index (χ4n) is 4.14. The summed E-state index contributed by atoms with van der Waals surface area (Å²) in [5, 5.41) is 20.3. The zero-order valence-corrected chi connectivity index (χ0v) is 28.3. The van der Waals surface area contributed by atoms with Crippen molar-refractivity contribution in [2.75, 3.05) is 52.9 Å². The number of hydrogen-bond acceptors (Lipinski definition) is 14. The van der Waals surface area contributed by atoms with Gasteiger partial charge in [0, 0.05) is 22.3 Å². The molecule has 0 aromatic carbocycles. The van der Waals surface area contributed by atoms with Crippen molar-refractivity contribution in [3.63, 3.8) is 0 Å². The highest BCUT2D eigenvalue weighted by molar-refractivity contribution is 5.88. The van der Waals surface area contributed by atoms with Gasteiger partial charge in [0.2, 0.25) is 0 Å². The number of aliphatic hydroxyl groups is 2. The standard InChI is InChI=1S/C34H48O14/c1-21(2)27(37)43-15-33(13-35,16-44-28(38)22(3)4)19-47-31(41)25-9-11-26(12-10-25)32(42)48-20-34(14-36,17-45-29(39)23(5)6)18-46-30(40)24(7)8/h25-26,35-36H,1,3,5,7,9-20H2,2,4,6,8H3. The summed E-state index contributed by atoms with van der Waals surface area (Å²) in [5.74, 6) is -5.40. The van der Waals surface area contributed by atoms with Crippen LogP contribution in [0, 0.1) is 22.7 Å². The third kappa shape index (κ3) is 13.4. The lowest BCUT2D eigenvalue weighted by Gasteiger charge is -2.32. The Morgan fingerprint density at radius 1 is 0.479 bits per heavy atom. The molecule has 0 spiro atoms. The molecule has 1 fully saturated rings. The molecule has 0 aliphatic heterocycles. The monoisotopic (exact) mass is 680 g/mol. The molecule has 0 unspecified atom stereocenters. The van der Waals surface area contributed by atoms with Crippen LogP contribution in [0.3, 0.4) is 0 Å². The van der Waals surface area contributed by atoms with Gasteiger partial charge >= 0.3 is 35.8 Å². The van der Waals surface area contributed by atoms with Crippen molar-refractivity contribution in [1.29, 1.82) is 0 Å². The Labute approximate surface area is 280 Å². The molecule has 14 nitrogen and oxygen atoms in total. The first-order chi connectivity index (χ1) is 22.4. The molecule has 0 bridgehead atoms. The zero-order chi connectivity index (χ0) is 36.7. The summed E-state index contributed by atoms with van der Waals surface area (Å²) in [6, 6.07) is 0. The summed E-state index contributed by atoms with van der Waals surface area (Å²) in [4.78, 5) is 73.9. The molecule has 48 heavy (non-hydrogen) atoms. The fourth-order valence-corrected chi connectivity index (χ4v) is 4.14. The number of esters is 6. The lowest BCUT2D eigenvalue weighted by Crippen LogP contribution is -2.44. The van der Waals surface area contributed by atoms with E-state index in [4.69, 9.17) is 28.4 Å². The predicted octanol–water partition coefficient (Wildman–Crippen LogP) is 2.31. The van der Waals surface area contributed by atoms with E-state index in [0.29, 0.717) is 0 Å². The van der Waals surface area contributed by atoms with Crippen molar-refractivity contribution >= 4 is 35.8 Å². The third-order valence-electron chi connectivity index (χ3n) is 7.54. The Morgan fingerprint density at radius 2 is 0.688 bits per heavy atom. The quantitative estimate of drug-likeness (QED) is 0.108. The molecule has 2 N–H and O–H groups in total. The summed E-state index contributed by atoms with van der Waals surface area (Å²) >= 11 is 0. The second-order valence-corrected chi connectivity index (χ2v) is 12.5. The Morgan fingerprint density at radius 3 is 0.875 bits per heavy atom. The molecule has 0 heterocycles. The van der Waals surface area contributed by atoms with E-state index in [0.717, 1.165) is 0 Å².